The molecule has 0 saturated heterocycles. The van der Waals surface area contributed by atoms with Gasteiger partial charge in [-0.15, -0.1) is 11.3 Å². The van der Waals surface area contributed by atoms with Crippen molar-refractivity contribution in [3.05, 3.63) is 76.8 Å². The summed E-state index contributed by atoms with van der Waals surface area (Å²) in [5.74, 6) is -0.428. The lowest BCUT2D eigenvalue weighted by Crippen LogP contribution is -2.22. The Morgan fingerprint density at radius 3 is 2.63 bits per heavy atom. The predicted octanol–water partition coefficient (Wildman–Crippen LogP) is 5.13. The van der Waals surface area contributed by atoms with E-state index in [9.17, 15) is 9.59 Å². The monoisotopic (exact) mass is 397 g/mol. The molecule has 0 bridgehead atoms. The number of hydrogen-bond acceptors (Lipinski definition) is 4. The molecule has 0 aliphatic heterocycles. The fourth-order valence-electron chi connectivity index (χ4n) is 2.37. The molecule has 2 amide bonds. The summed E-state index contributed by atoms with van der Waals surface area (Å²) >= 11 is 7.23. The first-order valence-electron chi connectivity index (χ1n) is 8.09. The molecule has 7 heteroatoms. The minimum absolute atomic E-state index is 0.134. The number of hydrogen-bond donors (Lipinski definition) is 1. The van der Waals surface area contributed by atoms with Crippen LogP contribution in [0, 0.1) is 0 Å². The second-order valence-corrected chi connectivity index (χ2v) is 6.85. The average Bonchev–Trinajstić information content (AvgIpc) is 3.09. The summed E-state index contributed by atoms with van der Waals surface area (Å²) in [4.78, 5) is 30.1. The molecule has 3 aromatic rings. The van der Waals surface area contributed by atoms with Crippen molar-refractivity contribution < 1.29 is 9.59 Å². The number of aromatic nitrogens is 1. The van der Waals surface area contributed by atoms with Crippen molar-refractivity contribution >= 4 is 57.3 Å². The molecule has 3 rings (SSSR count). The van der Waals surface area contributed by atoms with Crippen molar-refractivity contribution in [2.45, 2.75) is 6.92 Å². The molecule has 0 saturated carbocycles. The number of para-hydroxylation sites is 1. The minimum atomic E-state index is -0.293. The number of nitrogens with one attached hydrogen (secondary N) is 1. The fraction of sp³-hybridized carbons (Fsp3) is 0.0500. The van der Waals surface area contributed by atoms with E-state index in [0.29, 0.717) is 21.5 Å². The molecule has 5 nitrogen and oxygen atoms in total. The Hall–Kier alpha value is -2.96. The zero-order valence-corrected chi connectivity index (χ0v) is 16.0. The summed E-state index contributed by atoms with van der Waals surface area (Å²) in [6.07, 6.45) is 2.99. The van der Waals surface area contributed by atoms with Crippen LogP contribution in [0.1, 0.15) is 12.6 Å². The summed E-state index contributed by atoms with van der Waals surface area (Å²) in [5.41, 5.74) is 1.95. The van der Waals surface area contributed by atoms with E-state index >= 15 is 0 Å². The van der Waals surface area contributed by atoms with Crippen LogP contribution in [0.5, 0.6) is 0 Å². The van der Waals surface area contributed by atoms with Crippen molar-refractivity contribution in [3.8, 4) is 0 Å². The first-order chi connectivity index (χ1) is 13.0. The van der Waals surface area contributed by atoms with Gasteiger partial charge in [0.05, 0.1) is 11.4 Å². The van der Waals surface area contributed by atoms with Crippen LogP contribution in [0.25, 0.3) is 6.08 Å². The molecule has 1 N–H and O–H groups in total. The van der Waals surface area contributed by atoms with E-state index in [-0.39, 0.29) is 11.8 Å². The highest BCUT2D eigenvalue weighted by Gasteiger charge is 2.17. The molecule has 0 aliphatic carbocycles. The maximum Gasteiger partial charge on any atom is 0.248 e. The molecule has 0 atom stereocenters. The van der Waals surface area contributed by atoms with Crippen LogP contribution < -0.4 is 10.2 Å². The lowest BCUT2D eigenvalue weighted by atomic mass is 10.3. The van der Waals surface area contributed by atoms with E-state index in [2.05, 4.69) is 10.3 Å². The number of carbonyl (C=O) groups is 2. The predicted molar refractivity (Wildman–Crippen MR) is 110 cm³/mol. The van der Waals surface area contributed by atoms with Crippen LogP contribution in [0.3, 0.4) is 0 Å². The van der Waals surface area contributed by atoms with Crippen molar-refractivity contribution in [2.75, 3.05) is 10.2 Å². The highest BCUT2D eigenvalue weighted by atomic mass is 35.5. The maximum atomic E-state index is 12.1. The number of halogens is 1. The number of anilines is 3. The topological polar surface area (TPSA) is 62.3 Å². The van der Waals surface area contributed by atoms with Crippen LogP contribution in [0.4, 0.5) is 16.5 Å². The van der Waals surface area contributed by atoms with E-state index in [1.807, 2.05) is 30.3 Å². The Bertz CT molecular complexity index is 986. The van der Waals surface area contributed by atoms with Crippen LogP contribution >= 0.6 is 22.9 Å². The van der Waals surface area contributed by atoms with Gasteiger partial charge in [-0.25, -0.2) is 4.98 Å². The molecule has 1 heterocycles. The first kappa shape index (κ1) is 18.8. The zero-order valence-electron chi connectivity index (χ0n) is 14.4. The smallest absolute Gasteiger partial charge is 0.248 e. The molecule has 0 radical (unpaired) electrons. The van der Waals surface area contributed by atoms with Crippen molar-refractivity contribution in [3.63, 3.8) is 0 Å². The molecular weight excluding hydrogens is 382 g/mol. The number of amides is 2. The van der Waals surface area contributed by atoms with Gasteiger partial charge in [-0.05, 0) is 36.4 Å². The van der Waals surface area contributed by atoms with Gasteiger partial charge in [0.1, 0.15) is 0 Å². The third kappa shape index (κ3) is 5.03. The lowest BCUT2D eigenvalue weighted by Gasteiger charge is -2.17. The third-order valence-electron chi connectivity index (χ3n) is 3.53. The number of benzene rings is 2. The molecular formula is C20H16ClN3O2S. The van der Waals surface area contributed by atoms with E-state index < -0.39 is 0 Å². The number of thiazole rings is 1. The minimum Gasteiger partial charge on any atom is -0.322 e. The van der Waals surface area contributed by atoms with Crippen LogP contribution in [-0.4, -0.2) is 16.8 Å². The number of carbonyl (C=O) groups excluding carboxylic acids is 2. The van der Waals surface area contributed by atoms with Crippen molar-refractivity contribution in [2.24, 2.45) is 0 Å². The highest BCUT2D eigenvalue weighted by Crippen LogP contribution is 2.29. The van der Waals surface area contributed by atoms with Gasteiger partial charge in [0.2, 0.25) is 11.8 Å². The second-order valence-electron chi connectivity index (χ2n) is 5.58. The molecule has 2 aromatic carbocycles. The average molecular weight is 398 g/mol. The van der Waals surface area contributed by atoms with Crippen LogP contribution in [0.2, 0.25) is 5.02 Å². The molecule has 0 aliphatic rings. The Kier molecular flexibility index (Phi) is 6.01. The van der Waals surface area contributed by atoms with Crippen molar-refractivity contribution in [1.29, 1.82) is 0 Å². The zero-order chi connectivity index (χ0) is 19.2. The van der Waals surface area contributed by atoms with Gasteiger partial charge in [0.25, 0.3) is 0 Å². The second kappa shape index (κ2) is 8.62. The van der Waals surface area contributed by atoms with Gasteiger partial charge >= 0.3 is 0 Å². The summed E-state index contributed by atoms with van der Waals surface area (Å²) in [6.45, 7) is 1.49. The normalized spacial score (nSPS) is 10.7. The lowest BCUT2D eigenvalue weighted by molar-refractivity contribution is -0.116. The summed E-state index contributed by atoms with van der Waals surface area (Å²) in [7, 11) is 0. The third-order valence-corrected chi connectivity index (χ3v) is 4.61. The Labute approximate surface area is 165 Å². The highest BCUT2D eigenvalue weighted by molar-refractivity contribution is 7.14. The molecule has 136 valence electrons. The van der Waals surface area contributed by atoms with Gasteiger partial charge in [-0.2, -0.15) is 0 Å². The van der Waals surface area contributed by atoms with Crippen LogP contribution in [-0.2, 0) is 9.59 Å². The molecule has 0 fully saturated rings. The van der Waals surface area contributed by atoms with E-state index in [1.165, 1.54) is 29.2 Å². The standard InChI is InChI=1S/C20H16ClN3O2S/c1-14(25)24(18-8-3-2-4-9-18)20-23-17(13-27-20)10-11-19(26)22-16-7-5-6-15(21)12-16/h2-13H,1H3,(H,22,26)/b11-10+. The first-order valence-corrected chi connectivity index (χ1v) is 9.34. The molecule has 0 spiro atoms. The summed E-state index contributed by atoms with van der Waals surface area (Å²) < 4.78 is 0. The van der Waals surface area contributed by atoms with Crippen LogP contribution in [0.15, 0.2) is 66.1 Å². The SMILES string of the molecule is CC(=O)N(c1ccccc1)c1nc(/C=C/C(=O)Nc2cccc(Cl)c2)cs1. The van der Waals surface area contributed by atoms with Gasteiger partial charge in [0.15, 0.2) is 5.13 Å². The van der Waals surface area contributed by atoms with E-state index in [0.717, 1.165) is 5.69 Å². The van der Waals surface area contributed by atoms with Gasteiger partial charge < -0.3 is 5.32 Å². The molecule has 1 aromatic heterocycles. The van der Waals surface area contributed by atoms with Crippen molar-refractivity contribution in [1.82, 2.24) is 4.98 Å². The maximum absolute atomic E-state index is 12.1. The number of rotatable bonds is 5. The Morgan fingerprint density at radius 1 is 1.15 bits per heavy atom. The summed E-state index contributed by atoms with van der Waals surface area (Å²) in [6, 6.07) is 16.2. The Morgan fingerprint density at radius 2 is 1.93 bits per heavy atom. The fourth-order valence-corrected chi connectivity index (χ4v) is 3.42. The van der Waals surface area contributed by atoms with Gasteiger partial charge in [0, 0.05) is 29.1 Å². The van der Waals surface area contributed by atoms with Gasteiger partial charge in [-0.3, -0.25) is 14.5 Å². The summed E-state index contributed by atoms with van der Waals surface area (Å²) in [5, 5.41) is 5.61. The van der Waals surface area contributed by atoms with E-state index in [4.69, 9.17) is 11.6 Å². The number of nitrogens with zero attached hydrogens (tertiary/aromatic N) is 2. The van der Waals surface area contributed by atoms with E-state index in [1.54, 1.807) is 35.7 Å². The molecule has 0 unspecified atom stereocenters. The Balaban J connectivity index is 1.72. The van der Waals surface area contributed by atoms with Gasteiger partial charge in [-0.1, -0.05) is 35.9 Å². The molecule has 27 heavy (non-hydrogen) atoms. The quantitative estimate of drug-likeness (QED) is 0.607. The largest absolute Gasteiger partial charge is 0.322 e.